The van der Waals surface area contributed by atoms with Crippen molar-refractivity contribution in [1.29, 1.82) is 0 Å². The van der Waals surface area contributed by atoms with Crippen molar-refractivity contribution in [3.05, 3.63) is 23.8 Å². The van der Waals surface area contributed by atoms with Gasteiger partial charge in [0.2, 0.25) is 0 Å². The Kier molecular flexibility index (Phi) is 5.79. The molecular formula is C22H33N5O2. The number of nitrogens with one attached hydrogen (secondary N) is 1. The van der Waals surface area contributed by atoms with Crippen LogP contribution in [0.4, 0.5) is 6.01 Å². The zero-order valence-corrected chi connectivity index (χ0v) is 18.0. The van der Waals surface area contributed by atoms with Gasteiger partial charge in [0.05, 0.1) is 5.56 Å². The minimum Gasteiger partial charge on any atom is -0.423 e. The van der Waals surface area contributed by atoms with Gasteiger partial charge in [0.25, 0.3) is 11.9 Å². The summed E-state index contributed by atoms with van der Waals surface area (Å²) in [4.78, 5) is 24.4. The van der Waals surface area contributed by atoms with E-state index in [9.17, 15) is 4.79 Å². The number of fused-ring (bicyclic) bond motifs is 3. The number of carbonyl (C=O) groups is 1. The molecule has 29 heavy (non-hydrogen) atoms. The Morgan fingerprint density at radius 1 is 1.21 bits per heavy atom. The van der Waals surface area contributed by atoms with Gasteiger partial charge in [0.1, 0.15) is 5.52 Å². The molecule has 2 fully saturated rings. The average Bonchev–Trinajstić information content (AvgIpc) is 3.11. The second-order valence-corrected chi connectivity index (χ2v) is 8.92. The first-order chi connectivity index (χ1) is 13.9. The second kappa shape index (κ2) is 8.32. The smallest absolute Gasteiger partial charge is 0.298 e. The molecule has 0 aliphatic carbocycles. The fourth-order valence-electron chi connectivity index (χ4n) is 4.73. The molecule has 3 heterocycles. The molecule has 2 unspecified atom stereocenters. The van der Waals surface area contributed by atoms with E-state index in [2.05, 4.69) is 27.1 Å². The highest BCUT2D eigenvalue weighted by atomic mass is 16.4. The molecule has 2 aromatic rings. The number of likely N-dealkylation sites (N-methyl/N-ethyl adjacent to an activating group) is 2. The van der Waals surface area contributed by atoms with E-state index in [4.69, 9.17) is 4.42 Å². The Balaban J connectivity index is 1.49. The van der Waals surface area contributed by atoms with Crippen LogP contribution < -0.4 is 10.2 Å². The Hall–Kier alpha value is -2.12. The maximum atomic E-state index is 13.1. The molecule has 1 aromatic carbocycles. The first-order valence-electron chi connectivity index (χ1n) is 10.7. The standard InChI is InChI=1S/C22H33N5O2/c1-25(2)11-12-26(3)22-24-20-18(9-6-10-19(20)29-22)21(28)23-15-13-16-7-5-8-17(14-15)27(16)4/h6,9-10,15-17H,5,7-8,11-14H2,1-4H3,(H,23,28). The van der Waals surface area contributed by atoms with Crippen molar-refractivity contribution < 1.29 is 9.21 Å². The predicted octanol–water partition coefficient (Wildman–Crippen LogP) is 2.57. The van der Waals surface area contributed by atoms with Crippen molar-refractivity contribution in [2.45, 2.75) is 50.2 Å². The van der Waals surface area contributed by atoms with E-state index >= 15 is 0 Å². The number of piperidine rings is 2. The topological polar surface area (TPSA) is 64.8 Å². The summed E-state index contributed by atoms with van der Waals surface area (Å²) in [5.41, 5.74) is 1.90. The van der Waals surface area contributed by atoms with Crippen molar-refractivity contribution in [2.75, 3.05) is 46.2 Å². The van der Waals surface area contributed by atoms with Crippen molar-refractivity contribution in [2.24, 2.45) is 0 Å². The monoisotopic (exact) mass is 399 g/mol. The van der Waals surface area contributed by atoms with Crippen LogP contribution in [0.15, 0.2) is 22.6 Å². The van der Waals surface area contributed by atoms with Gasteiger partial charge >= 0.3 is 0 Å². The van der Waals surface area contributed by atoms with E-state index in [1.807, 2.05) is 44.2 Å². The van der Waals surface area contributed by atoms with E-state index in [-0.39, 0.29) is 11.9 Å². The number of para-hydroxylation sites is 1. The van der Waals surface area contributed by atoms with E-state index in [0.29, 0.717) is 34.8 Å². The summed E-state index contributed by atoms with van der Waals surface area (Å²) < 4.78 is 5.93. The van der Waals surface area contributed by atoms with Crippen molar-refractivity contribution >= 4 is 23.0 Å². The van der Waals surface area contributed by atoms with Crippen molar-refractivity contribution in [3.8, 4) is 0 Å². The lowest BCUT2D eigenvalue weighted by Crippen LogP contribution is -2.55. The Morgan fingerprint density at radius 3 is 2.62 bits per heavy atom. The summed E-state index contributed by atoms with van der Waals surface area (Å²) in [7, 11) is 8.28. The number of aromatic nitrogens is 1. The third-order valence-corrected chi connectivity index (χ3v) is 6.54. The van der Waals surface area contributed by atoms with E-state index in [1.54, 1.807) is 0 Å². The van der Waals surface area contributed by atoms with Crippen LogP contribution in [-0.2, 0) is 0 Å². The molecule has 2 aliphatic heterocycles. The number of amides is 1. The quantitative estimate of drug-likeness (QED) is 0.805. The van der Waals surface area contributed by atoms with Gasteiger partial charge in [0.15, 0.2) is 5.58 Å². The van der Waals surface area contributed by atoms with Crippen LogP contribution in [0.25, 0.3) is 11.1 Å². The normalized spacial score (nSPS) is 24.8. The predicted molar refractivity (Wildman–Crippen MR) is 116 cm³/mol. The summed E-state index contributed by atoms with van der Waals surface area (Å²) in [5, 5.41) is 3.29. The molecular weight excluding hydrogens is 366 g/mol. The molecule has 158 valence electrons. The SMILES string of the molecule is CN(C)CCN(C)c1nc2c(C(=O)NC3CC4CCCC(C3)N4C)cccc2o1. The van der Waals surface area contributed by atoms with E-state index in [1.165, 1.54) is 19.3 Å². The maximum absolute atomic E-state index is 13.1. The van der Waals surface area contributed by atoms with Crippen LogP contribution in [0.5, 0.6) is 0 Å². The Labute approximate surface area is 173 Å². The molecule has 1 amide bonds. The molecule has 1 N–H and O–H groups in total. The van der Waals surface area contributed by atoms with Gasteiger partial charge in [-0.15, -0.1) is 0 Å². The van der Waals surface area contributed by atoms with Crippen LogP contribution in [-0.4, -0.2) is 80.1 Å². The molecule has 1 aromatic heterocycles. The third-order valence-electron chi connectivity index (χ3n) is 6.54. The van der Waals surface area contributed by atoms with Crippen LogP contribution in [0, 0.1) is 0 Å². The van der Waals surface area contributed by atoms with Crippen LogP contribution in [0.3, 0.4) is 0 Å². The summed E-state index contributed by atoms with van der Waals surface area (Å²) in [6, 6.07) is 7.56. The molecule has 0 radical (unpaired) electrons. The van der Waals surface area contributed by atoms with Gasteiger partial charge in [0, 0.05) is 38.3 Å². The second-order valence-electron chi connectivity index (χ2n) is 8.92. The molecule has 2 atom stereocenters. The summed E-state index contributed by atoms with van der Waals surface area (Å²) >= 11 is 0. The lowest BCUT2D eigenvalue weighted by Gasteiger charge is -2.47. The Bertz CT molecular complexity index is 850. The number of benzene rings is 1. The van der Waals surface area contributed by atoms with Gasteiger partial charge in [-0.2, -0.15) is 4.98 Å². The summed E-state index contributed by atoms with van der Waals surface area (Å²) in [6.07, 6.45) is 5.85. The largest absolute Gasteiger partial charge is 0.423 e. The van der Waals surface area contributed by atoms with E-state index < -0.39 is 0 Å². The molecule has 0 saturated carbocycles. The molecule has 0 spiro atoms. The van der Waals surface area contributed by atoms with Crippen LogP contribution in [0.1, 0.15) is 42.5 Å². The Morgan fingerprint density at radius 2 is 1.93 bits per heavy atom. The number of oxazole rings is 1. The number of nitrogens with zero attached hydrogens (tertiary/aromatic N) is 4. The lowest BCUT2D eigenvalue weighted by molar-refractivity contribution is 0.0463. The number of carbonyl (C=O) groups excluding carboxylic acids is 1. The zero-order chi connectivity index (χ0) is 20.5. The van der Waals surface area contributed by atoms with Gasteiger partial charge in [-0.3, -0.25) is 4.79 Å². The van der Waals surface area contributed by atoms with Gasteiger partial charge in [-0.1, -0.05) is 12.5 Å². The van der Waals surface area contributed by atoms with Crippen molar-refractivity contribution in [3.63, 3.8) is 0 Å². The first-order valence-corrected chi connectivity index (χ1v) is 10.7. The number of rotatable bonds is 6. The molecule has 2 aliphatic rings. The fraction of sp³-hybridized carbons (Fsp3) is 0.636. The highest BCUT2D eigenvalue weighted by Gasteiger charge is 2.36. The summed E-state index contributed by atoms with van der Waals surface area (Å²) in [5.74, 6) is -0.0426. The molecule has 7 nitrogen and oxygen atoms in total. The average molecular weight is 400 g/mol. The highest BCUT2D eigenvalue weighted by Crippen LogP contribution is 2.33. The molecule has 4 rings (SSSR count). The molecule has 2 bridgehead atoms. The van der Waals surface area contributed by atoms with Gasteiger partial charge in [-0.25, -0.2) is 0 Å². The number of anilines is 1. The van der Waals surface area contributed by atoms with E-state index in [0.717, 1.165) is 25.9 Å². The molecule has 7 heteroatoms. The minimum atomic E-state index is -0.0426. The van der Waals surface area contributed by atoms with Crippen molar-refractivity contribution in [1.82, 2.24) is 20.1 Å². The van der Waals surface area contributed by atoms with Crippen LogP contribution in [0.2, 0.25) is 0 Å². The number of hydrogen-bond acceptors (Lipinski definition) is 6. The first kappa shape index (κ1) is 20.2. The third kappa shape index (κ3) is 4.26. The molecule has 2 saturated heterocycles. The fourth-order valence-corrected chi connectivity index (χ4v) is 4.73. The summed E-state index contributed by atoms with van der Waals surface area (Å²) in [6.45, 7) is 1.71. The lowest BCUT2D eigenvalue weighted by atomic mass is 9.82. The van der Waals surface area contributed by atoms with Crippen LogP contribution >= 0.6 is 0 Å². The highest BCUT2D eigenvalue weighted by molar-refractivity contribution is 6.04. The van der Waals surface area contributed by atoms with Gasteiger partial charge < -0.3 is 24.4 Å². The zero-order valence-electron chi connectivity index (χ0n) is 18.0. The van der Waals surface area contributed by atoms with Gasteiger partial charge in [-0.05, 0) is 59.0 Å². The maximum Gasteiger partial charge on any atom is 0.298 e. The number of hydrogen-bond donors (Lipinski definition) is 1. The minimum absolute atomic E-state index is 0.0426.